The molecule has 0 aromatic heterocycles. The van der Waals surface area contributed by atoms with E-state index in [-0.39, 0.29) is 23.7 Å². The Labute approximate surface area is 131 Å². The number of benzene rings is 1. The van der Waals surface area contributed by atoms with Crippen molar-refractivity contribution in [1.29, 1.82) is 0 Å². The normalized spacial score (nSPS) is 30.6. The Bertz CT molecular complexity index is 570. The van der Waals surface area contributed by atoms with Crippen LogP contribution in [0.2, 0.25) is 0 Å². The molecule has 2 unspecified atom stereocenters. The Morgan fingerprint density at radius 3 is 2.50 bits per heavy atom. The average Bonchev–Trinajstić information content (AvgIpc) is 2.47. The molecule has 1 aromatic rings. The molecular weight excluding hydrogens is 276 g/mol. The van der Waals surface area contributed by atoms with E-state index >= 15 is 0 Å². The smallest absolute Gasteiger partial charge is 0.227 e. The molecule has 4 heteroatoms. The number of nitrogens with one attached hydrogen (secondary N) is 1. The van der Waals surface area contributed by atoms with Gasteiger partial charge in [0.1, 0.15) is 0 Å². The lowest BCUT2D eigenvalue weighted by atomic mass is 9.65. The molecule has 3 rings (SSSR count). The van der Waals surface area contributed by atoms with Crippen molar-refractivity contribution in [3.8, 4) is 0 Å². The van der Waals surface area contributed by atoms with Crippen LogP contribution in [0.25, 0.3) is 0 Å². The topological polar surface area (TPSA) is 72.2 Å². The number of carbonyl (C=O) groups excluding carboxylic acids is 2. The zero-order valence-corrected chi connectivity index (χ0v) is 13.0. The summed E-state index contributed by atoms with van der Waals surface area (Å²) in [5.74, 6) is 1.12. The van der Waals surface area contributed by atoms with Crippen molar-refractivity contribution in [2.24, 2.45) is 23.5 Å². The van der Waals surface area contributed by atoms with Gasteiger partial charge in [0, 0.05) is 23.2 Å². The van der Waals surface area contributed by atoms with Gasteiger partial charge in [0.25, 0.3) is 0 Å². The van der Waals surface area contributed by atoms with E-state index in [1.165, 1.54) is 13.3 Å². The second kappa shape index (κ2) is 6.21. The number of ketones is 1. The van der Waals surface area contributed by atoms with Crippen molar-refractivity contribution in [3.05, 3.63) is 29.8 Å². The highest BCUT2D eigenvalue weighted by atomic mass is 16.2. The number of fused-ring (bicyclic) bond motifs is 2. The maximum Gasteiger partial charge on any atom is 0.227 e. The zero-order valence-electron chi connectivity index (χ0n) is 13.0. The summed E-state index contributed by atoms with van der Waals surface area (Å²) in [5.41, 5.74) is 7.61. The van der Waals surface area contributed by atoms with Crippen molar-refractivity contribution < 1.29 is 9.59 Å². The fraction of sp³-hybridized carbons (Fsp3) is 0.556. The maximum atomic E-state index is 12.5. The van der Waals surface area contributed by atoms with Gasteiger partial charge in [0.15, 0.2) is 5.78 Å². The van der Waals surface area contributed by atoms with Gasteiger partial charge in [-0.05, 0) is 56.6 Å². The number of carbonyl (C=O) groups is 2. The molecule has 2 fully saturated rings. The quantitative estimate of drug-likeness (QED) is 0.843. The molecular formula is C18H24N2O2. The second-order valence-corrected chi connectivity index (χ2v) is 6.82. The van der Waals surface area contributed by atoms with Gasteiger partial charge >= 0.3 is 0 Å². The van der Waals surface area contributed by atoms with E-state index in [9.17, 15) is 9.59 Å². The highest BCUT2D eigenvalue weighted by molar-refractivity contribution is 5.97. The molecule has 1 amide bonds. The van der Waals surface area contributed by atoms with Crippen molar-refractivity contribution in [2.75, 3.05) is 5.32 Å². The summed E-state index contributed by atoms with van der Waals surface area (Å²) in [6.07, 6.45) is 5.35. The summed E-state index contributed by atoms with van der Waals surface area (Å²) in [7, 11) is 0. The molecule has 2 saturated carbocycles. The minimum atomic E-state index is 0.00858. The summed E-state index contributed by atoms with van der Waals surface area (Å²) < 4.78 is 0. The first kappa shape index (κ1) is 15.2. The number of hydrogen-bond acceptors (Lipinski definition) is 3. The van der Waals surface area contributed by atoms with E-state index < -0.39 is 0 Å². The highest BCUT2D eigenvalue weighted by Crippen LogP contribution is 2.42. The van der Waals surface area contributed by atoms with E-state index in [0.29, 0.717) is 23.1 Å². The minimum absolute atomic E-state index is 0.00858. The van der Waals surface area contributed by atoms with Gasteiger partial charge in [-0.3, -0.25) is 9.59 Å². The Morgan fingerprint density at radius 2 is 1.86 bits per heavy atom. The first-order valence-electron chi connectivity index (χ1n) is 8.22. The number of hydrogen-bond donors (Lipinski definition) is 2. The molecule has 2 bridgehead atoms. The third kappa shape index (κ3) is 3.07. The van der Waals surface area contributed by atoms with Crippen LogP contribution in [0.15, 0.2) is 24.3 Å². The second-order valence-electron chi connectivity index (χ2n) is 6.82. The monoisotopic (exact) mass is 300 g/mol. The van der Waals surface area contributed by atoms with Crippen LogP contribution in [0.5, 0.6) is 0 Å². The number of rotatable bonds is 3. The molecule has 0 radical (unpaired) electrons. The molecule has 0 heterocycles. The Morgan fingerprint density at radius 1 is 1.18 bits per heavy atom. The van der Waals surface area contributed by atoms with E-state index in [1.807, 2.05) is 6.07 Å². The van der Waals surface area contributed by atoms with Crippen molar-refractivity contribution in [3.63, 3.8) is 0 Å². The lowest BCUT2D eigenvalue weighted by Crippen LogP contribution is -2.48. The van der Waals surface area contributed by atoms with E-state index in [1.54, 1.807) is 18.2 Å². The molecule has 1 aromatic carbocycles. The molecule has 3 N–H and O–H groups in total. The van der Waals surface area contributed by atoms with E-state index in [0.717, 1.165) is 25.7 Å². The molecule has 4 nitrogen and oxygen atoms in total. The van der Waals surface area contributed by atoms with Crippen LogP contribution in [0.3, 0.4) is 0 Å². The summed E-state index contributed by atoms with van der Waals surface area (Å²) in [4.78, 5) is 24.0. The minimum Gasteiger partial charge on any atom is -0.327 e. The molecule has 2 atom stereocenters. The van der Waals surface area contributed by atoms with Gasteiger partial charge in [-0.1, -0.05) is 18.6 Å². The van der Waals surface area contributed by atoms with Gasteiger partial charge in [-0.2, -0.15) is 0 Å². The number of nitrogens with two attached hydrogens (primary N) is 1. The predicted octanol–water partition coefficient (Wildman–Crippen LogP) is 2.98. The van der Waals surface area contributed by atoms with Crippen LogP contribution < -0.4 is 11.1 Å². The average molecular weight is 300 g/mol. The third-order valence-corrected chi connectivity index (χ3v) is 5.32. The van der Waals surface area contributed by atoms with Crippen molar-refractivity contribution in [2.45, 2.75) is 45.1 Å². The van der Waals surface area contributed by atoms with Crippen LogP contribution in [-0.4, -0.2) is 17.7 Å². The first-order chi connectivity index (χ1) is 10.5. The fourth-order valence-electron chi connectivity index (χ4n) is 4.06. The predicted molar refractivity (Wildman–Crippen MR) is 86.6 cm³/mol. The number of amides is 1. The van der Waals surface area contributed by atoms with Crippen LogP contribution in [-0.2, 0) is 4.79 Å². The fourth-order valence-corrected chi connectivity index (χ4v) is 4.06. The largest absolute Gasteiger partial charge is 0.327 e. The van der Waals surface area contributed by atoms with Crippen molar-refractivity contribution >= 4 is 17.4 Å². The summed E-state index contributed by atoms with van der Waals surface area (Å²) in [6.45, 7) is 1.53. The molecule has 0 saturated heterocycles. The summed E-state index contributed by atoms with van der Waals surface area (Å²) in [6, 6.07) is 7.42. The van der Waals surface area contributed by atoms with Crippen LogP contribution in [0.1, 0.15) is 49.4 Å². The number of Topliss-reactive ketones (excluding diaryl/α,β-unsaturated/α-hetero) is 1. The van der Waals surface area contributed by atoms with Gasteiger partial charge in [-0.15, -0.1) is 0 Å². The highest BCUT2D eigenvalue weighted by Gasteiger charge is 2.40. The lowest BCUT2D eigenvalue weighted by Gasteiger charge is -2.43. The first-order valence-corrected chi connectivity index (χ1v) is 8.22. The van der Waals surface area contributed by atoms with Gasteiger partial charge in [0.05, 0.1) is 0 Å². The van der Waals surface area contributed by atoms with Gasteiger partial charge in [-0.25, -0.2) is 0 Å². The van der Waals surface area contributed by atoms with Crippen LogP contribution in [0, 0.1) is 17.8 Å². The summed E-state index contributed by atoms with van der Waals surface area (Å²) >= 11 is 0. The SMILES string of the molecule is CC(=O)c1cccc(NC(=O)C2CC3CCCC(C2)C3N)c1. The zero-order chi connectivity index (χ0) is 15.7. The standard InChI is InChI=1S/C18H24N2O2/c1-11(21)12-4-3-7-16(10-12)20-18(22)15-8-13-5-2-6-14(9-15)17(13)19/h3-4,7,10,13-15,17H,2,5-6,8-9,19H2,1H3,(H,20,22). The van der Waals surface area contributed by atoms with E-state index in [4.69, 9.17) is 5.73 Å². The Hall–Kier alpha value is -1.68. The Kier molecular flexibility index (Phi) is 4.30. The van der Waals surface area contributed by atoms with Crippen molar-refractivity contribution in [1.82, 2.24) is 0 Å². The molecule has 2 aliphatic carbocycles. The Balaban J connectivity index is 1.67. The summed E-state index contributed by atoms with van der Waals surface area (Å²) in [5, 5.41) is 2.98. The van der Waals surface area contributed by atoms with E-state index in [2.05, 4.69) is 5.32 Å². The molecule has 0 aliphatic heterocycles. The van der Waals surface area contributed by atoms with Crippen LogP contribution >= 0.6 is 0 Å². The molecule has 22 heavy (non-hydrogen) atoms. The lowest BCUT2D eigenvalue weighted by molar-refractivity contribution is -0.122. The van der Waals surface area contributed by atoms with Gasteiger partial charge < -0.3 is 11.1 Å². The molecule has 118 valence electrons. The van der Waals surface area contributed by atoms with Crippen LogP contribution in [0.4, 0.5) is 5.69 Å². The van der Waals surface area contributed by atoms with Gasteiger partial charge in [0.2, 0.25) is 5.91 Å². The molecule has 2 aliphatic rings. The maximum absolute atomic E-state index is 12.5. The third-order valence-electron chi connectivity index (χ3n) is 5.32. The molecule has 0 spiro atoms. The number of anilines is 1.